The Hall–Kier alpha value is -1.56. The Bertz CT molecular complexity index is 629. The van der Waals surface area contributed by atoms with E-state index in [4.69, 9.17) is 5.73 Å². The van der Waals surface area contributed by atoms with Crippen LogP contribution in [-0.2, 0) is 13.1 Å². The summed E-state index contributed by atoms with van der Waals surface area (Å²) >= 11 is 3.54. The first-order valence-corrected chi connectivity index (χ1v) is 6.49. The Morgan fingerprint density at radius 1 is 1.50 bits per heavy atom. The molecule has 0 saturated heterocycles. The Morgan fingerprint density at radius 2 is 2.22 bits per heavy atom. The highest BCUT2D eigenvalue weighted by atomic mass is 79.9. The number of nitrogens with two attached hydrogens (primary N) is 1. The van der Waals surface area contributed by atoms with E-state index < -0.39 is 0 Å². The molecule has 0 aliphatic carbocycles. The van der Waals surface area contributed by atoms with Gasteiger partial charge in [0.15, 0.2) is 0 Å². The Morgan fingerprint density at radius 3 is 2.83 bits per heavy atom. The summed E-state index contributed by atoms with van der Waals surface area (Å²) in [6, 6.07) is 1.47. The van der Waals surface area contributed by atoms with Crippen molar-refractivity contribution in [2.24, 2.45) is 0 Å². The van der Waals surface area contributed by atoms with Crippen molar-refractivity contribution >= 4 is 21.6 Å². The molecule has 2 aromatic rings. The molecule has 0 aliphatic heterocycles. The molecule has 6 heteroatoms. The monoisotopic (exact) mass is 310 g/mol. The summed E-state index contributed by atoms with van der Waals surface area (Å²) in [6.07, 6.45) is 3.38. The Kier molecular flexibility index (Phi) is 3.56. The van der Waals surface area contributed by atoms with Gasteiger partial charge in [-0.25, -0.2) is 0 Å². The molecule has 0 aromatic carbocycles. The quantitative estimate of drug-likeness (QED) is 0.939. The molecule has 0 aliphatic rings. The van der Waals surface area contributed by atoms with Gasteiger partial charge in [0, 0.05) is 25.0 Å². The average Bonchev–Trinajstić information content (AvgIpc) is 2.61. The lowest BCUT2D eigenvalue weighted by Crippen LogP contribution is -2.13. The first-order chi connectivity index (χ1) is 8.52. The Balaban J connectivity index is 2.39. The summed E-state index contributed by atoms with van der Waals surface area (Å²) in [5, 5.41) is 4.43. The van der Waals surface area contributed by atoms with Gasteiger partial charge in [0.05, 0.1) is 28.1 Å². The SMILES string of the molecule is CCn1nc(C)c(Br)c1Cn1ccc(=O)c(N)c1. The topological polar surface area (TPSA) is 65.8 Å². The van der Waals surface area contributed by atoms with Crippen LogP contribution in [-0.4, -0.2) is 14.3 Å². The van der Waals surface area contributed by atoms with Crippen molar-refractivity contribution < 1.29 is 0 Å². The van der Waals surface area contributed by atoms with Crippen LogP contribution in [0, 0.1) is 6.92 Å². The standard InChI is InChI=1S/C12H15BrN4O/c1-3-17-10(12(13)8(2)15-17)7-16-5-4-11(18)9(14)6-16/h4-6H,3,7,14H2,1-2H3. The molecule has 0 spiro atoms. The fourth-order valence-electron chi connectivity index (χ4n) is 1.84. The average molecular weight is 311 g/mol. The predicted molar refractivity (Wildman–Crippen MR) is 74.6 cm³/mol. The number of rotatable bonds is 3. The van der Waals surface area contributed by atoms with Crippen LogP contribution in [0.25, 0.3) is 0 Å². The molecule has 0 unspecified atom stereocenters. The minimum absolute atomic E-state index is 0.148. The fraction of sp³-hybridized carbons (Fsp3) is 0.333. The summed E-state index contributed by atoms with van der Waals surface area (Å²) in [7, 11) is 0. The van der Waals surface area contributed by atoms with Crippen LogP contribution in [0.15, 0.2) is 27.7 Å². The number of nitrogen functional groups attached to an aromatic ring is 1. The third-order valence-electron chi connectivity index (χ3n) is 2.79. The minimum atomic E-state index is -0.148. The summed E-state index contributed by atoms with van der Waals surface area (Å²) < 4.78 is 4.82. The van der Waals surface area contributed by atoms with Crippen LogP contribution in [0.1, 0.15) is 18.3 Å². The lowest BCUT2D eigenvalue weighted by atomic mass is 10.3. The molecule has 0 amide bonds. The van der Waals surface area contributed by atoms with Crippen molar-refractivity contribution in [1.82, 2.24) is 14.3 Å². The first kappa shape index (κ1) is 12.9. The van der Waals surface area contributed by atoms with Gasteiger partial charge in [-0.2, -0.15) is 5.10 Å². The smallest absolute Gasteiger partial charge is 0.204 e. The molecule has 0 saturated carbocycles. The van der Waals surface area contributed by atoms with Crippen molar-refractivity contribution in [3.63, 3.8) is 0 Å². The van der Waals surface area contributed by atoms with E-state index in [2.05, 4.69) is 21.0 Å². The van der Waals surface area contributed by atoms with Gasteiger partial charge in [-0.1, -0.05) is 0 Å². The molecule has 2 aromatic heterocycles. The van der Waals surface area contributed by atoms with E-state index in [1.54, 1.807) is 12.4 Å². The molecule has 0 atom stereocenters. The van der Waals surface area contributed by atoms with Gasteiger partial charge in [0.1, 0.15) is 0 Å². The Labute approximate surface area is 113 Å². The summed E-state index contributed by atoms with van der Waals surface area (Å²) in [6.45, 7) is 5.43. The van der Waals surface area contributed by atoms with Crippen LogP contribution in [0.4, 0.5) is 5.69 Å². The molecule has 96 valence electrons. The molecule has 0 bridgehead atoms. The van der Waals surface area contributed by atoms with E-state index in [1.165, 1.54) is 6.07 Å². The lowest BCUT2D eigenvalue weighted by molar-refractivity contribution is 0.595. The maximum absolute atomic E-state index is 11.3. The third kappa shape index (κ3) is 2.33. The van der Waals surface area contributed by atoms with Crippen LogP contribution >= 0.6 is 15.9 Å². The van der Waals surface area contributed by atoms with Gasteiger partial charge in [0.25, 0.3) is 0 Å². The minimum Gasteiger partial charge on any atom is -0.394 e. The van der Waals surface area contributed by atoms with Gasteiger partial charge < -0.3 is 10.3 Å². The zero-order valence-electron chi connectivity index (χ0n) is 10.4. The number of halogens is 1. The van der Waals surface area contributed by atoms with Crippen molar-refractivity contribution in [3.05, 3.63) is 44.5 Å². The molecular formula is C12H15BrN4O. The van der Waals surface area contributed by atoms with E-state index in [0.717, 1.165) is 22.4 Å². The second-order valence-corrected chi connectivity index (χ2v) is 4.89. The number of pyridine rings is 1. The second-order valence-electron chi connectivity index (χ2n) is 4.10. The van der Waals surface area contributed by atoms with Crippen LogP contribution in [0.2, 0.25) is 0 Å². The maximum atomic E-state index is 11.3. The molecule has 2 rings (SSSR count). The first-order valence-electron chi connectivity index (χ1n) is 5.70. The molecule has 2 heterocycles. The number of hydrogen-bond donors (Lipinski definition) is 1. The molecule has 18 heavy (non-hydrogen) atoms. The van der Waals surface area contributed by atoms with E-state index in [0.29, 0.717) is 6.54 Å². The molecule has 0 fully saturated rings. The number of aryl methyl sites for hydroxylation is 2. The highest BCUT2D eigenvalue weighted by Crippen LogP contribution is 2.21. The predicted octanol–water partition coefficient (Wildman–Crippen LogP) is 1.77. The molecule has 0 radical (unpaired) electrons. The fourth-order valence-corrected chi connectivity index (χ4v) is 2.25. The van der Waals surface area contributed by atoms with E-state index in [9.17, 15) is 4.79 Å². The zero-order valence-corrected chi connectivity index (χ0v) is 11.9. The number of nitrogens with zero attached hydrogens (tertiary/aromatic N) is 3. The maximum Gasteiger partial charge on any atom is 0.204 e. The number of aromatic nitrogens is 3. The van der Waals surface area contributed by atoms with Gasteiger partial charge in [0.2, 0.25) is 5.43 Å². The van der Waals surface area contributed by atoms with Crippen LogP contribution in [0.3, 0.4) is 0 Å². The second kappa shape index (κ2) is 4.97. The van der Waals surface area contributed by atoms with Crippen LogP contribution < -0.4 is 11.2 Å². The van der Waals surface area contributed by atoms with Gasteiger partial charge in [-0.05, 0) is 29.8 Å². The van der Waals surface area contributed by atoms with Crippen molar-refractivity contribution in [1.29, 1.82) is 0 Å². The number of anilines is 1. The highest BCUT2D eigenvalue weighted by Gasteiger charge is 2.12. The largest absolute Gasteiger partial charge is 0.394 e. The van der Waals surface area contributed by atoms with E-state index in [1.807, 2.05) is 23.1 Å². The van der Waals surface area contributed by atoms with Crippen molar-refractivity contribution in [2.75, 3.05) is 5.73 Å². The number of hydrogen-bond acceptors (Lipinski definition) is 3. The molecule has 2 N–H and O–H groups in total. The zero-order chi connectivity index (χ0) is 13.3. The molecule has 5 nitrogen and oxygen atoms in total. The summed E-state index contributed by atoms with van der Waals surface area (Å²) in [4.78, 5) is 11.3. The van der Waals surface area contributed by atoms with Crippen molar-refractivity contribution in [2.45, 2.75) is 26.9 Å². The van der Waals surface area contributed by atoms with Crippen molar-refractivity contribution in [3.8, 4) is 0 Å². The van der Waals surface area contributed by atoms with Crippen LogP contribution in [0.5, 0.6) is 0 Å². The van der Waals surface area contributed by atoms with Gasteiger partial charge in [-0.3, -0.25) is 9.48 Å². The third-order valence-corrected chi connectivity index (χ3v) is 3.82. The van der Waals surface area contributed by atoms with Gasteiger partial charge >= 0.3 is 0 Å². The van der Waals surface area contributed by atoms with Gasteiger partial charge in [-0.15, -0.1) is 0 Å². The normalized spacial score (nSPS) is 10.8. The lowest BCUT2D eigenvalue weighted by Gasteiger charge is -2.09. The van der Waals surface area contributed by atoms with E-state index in [-0.39, 0.29) is 11.1 Å². The molecular weight excluding hydrogens is 296 g/mol. The summed E-state index contributed by atoms with van der Waals surface area (Å²) in [5.41, 5.74) is 7.76. The summed E-state index contributed by atoms with van der Waals surface area (Å²) in [5.74, 6) is 0. The van der Waals surface area contributed by atoms with E-state index >= 15 is 0 Å². The highest BCUT2D eigenvalue weighted by molar-refractivity contribution is 9.10.